The van der Waals surface area contributed by atoms with Crippen molar-refractivity contribution in [1.29, 1.82) is 0 Å². The van der Waals surface area contributed by atoms with E-state index in [4.69, 9.17) is 9.15 Å². The molecule has 2 atom stereocenters. The van der Waals surface area contributed by atoms with Gasteiger partial charge in [0, 0.05) is 28.3 Å². The van der Waals surface area contributed by atoms with Crippen LogP contribution in [0.25, 0.3) is 22.1 Å². The number of aliphatic carboxylic acids is 1. The van der Waals surface area contributed by atoms with Gasteiger partial charge in [0.05, 0.1) is 18.7 Å². The summed E-state index contributed by atoms with van der Waals surface area (Å²) >= 11 is 0. The zero-order valence-electron chi connectivity index (χ0n) is 22.5. The van der Waals surface area contributed by atoms with E-state index in [1.54, 1.807) is 24.3 Å². The Morgan fingerprint density at radius 1 is 1.00 bits per heavy atom. The Bertz CT molecular complexity index is 1960. The molecule has 5 aromatic rings. The van der Waals surface area contributed by atoms with Gasteiger partial charge in [-0.25, -0.2) is 8.78 Å². The van der Waals surface area contributed by atoms with E-state index in [9.17, 15) is 19.5 Å². The smallest absolute Gasteiger partial charge is 0.305 e. The van der Waals surface area contributed by atoms with E-state index in [0.717, 1.165) is 16.2 Å². The molecule has 10 heteroatoms. The first-order chi connectivity index (χ1) is 20.1. The number of furan rings is 1. The molecule has 0 saturated carbocycles. The minimum atomic E-state index is -1.63. The molecular weight excluding hydrogens is 546 g/mol. The van der Waals surface area contributed by atoms with Crippen LogP contribution in [0, 0.1) is 25.5 Å². The first kappa shape index (κ1) is 26.9. The van der Waals surface area contributed by atoms with Crippen LogP contribution >= 0.6 is 0 Å². The Kier molecular flexibility index (Phi) is 6.61. The van der Waals surface area contributed by atoms with Gasteiger partial charge >= 0.3 is 5.97 Å². The van der Waals surface area contributed by atoms with Crippen LogP contribution in [-0.4, -0.2) is 21.6 Å². The highest BCUT2D eigenvalue weighted by Gasteiger charge is 2.32. The lowest BCUT2D eigenvalue weighted by Crippen LogP contribution is -2.40. The van der Waals surface area contributed by atoms with Crippen LogP contribution in [0.1, 0.15) is 40.8 Å². The van der Waals surface area contributed by atoms with Crippen molar-refractivity contribution in [2.75, 3.05) is 0 Å². The molecule has 1 aliphatic heterocycles. The van der Waals surface area contributed by atoms with Crippen molar-refractivity contribution < 1.29 is 32.6 Å². The average Bonchev–Trinajstić information content (AvgIpc) is 3.42. The number of aryl methyl sites for hydroxylation is 2. The monoisotopic (exact) mass is 570 g/mol. The third-order valence-corrected chi connectivity index (χ3v) is 7.43. The van der Waals surface area contributed by atoms with Gasteiger partial charge < -0.3 is 19.6 Å². The van der Waals surface area contributed by atoms with E-state index in [2.05, 4.69) is 5.32 Å². The van der Waals surface area contributed by atoms with Gasteiger partial charge in [0.25, 0.3) is 5.56 Å². The number of hydrogen-bond donors (Lipinski definition) is 2. The number of nitrogens with one attached hydrogen (secondary N) is 1. The van der Waals surface area contributed by atoms with Crippen LogP contribution in [0.2, 0.25) is 0 Å². The highest BCUT2D eigenvalue weighted by atomic mass is 19.1. The minimum absolute atomic E-state index is 0.0538. The maximum Gasteiger partial charge on any atom is 0.305 e. The van der Waals surface area contributed by atoms with Crippen molar-refractivity contribution in [3.8, 4) is 22.6 Å². The molecule has 0 fully saturated rings. The van der Waals surface area contributed by atoms with Crippen molar-refractivity contribution >= 4 is 22.8 Å². The molecule has 3 heterocycles. The molecule has 0 saturated heterocycles. The maximum atomic E-state index is 15.7. The normalized spacial score (nSPS) is 16.4. The van der Waals surface area contributed by atoms with Crippen molar-refractivity contribution in [3.63, 3.8) is 0 Å². The predicted octanol–water partition coefficient (Wildman–Crippen LogP) is 6.18. The number of nitrogens with zero attached hydrogens (tertiary/aromatic N) is 1. The zero-order valence-corrected chi connectivity index (χ0v) is 22.5. The molecule has 6 rings (SSSR count). The van der Waals surface area contributed by atoms with Crippen LogP contribution in [0.15, 0.2) is 82.3 Å². The lowest BCUT2D eigenvalue weighted by Gasteiger charge is -2.25. The summed E-state index contributed by atoms with van der Waals surface area (Å²) in [5.74, 6) is -3.18. The average molecular weight is 571 g/mol. The van der Waals surface area contributed by atoms with Crippen LogP contribution in [-0.2, 0) is 9.59 Å². The summed E-state index contributed by atoms with van der Waals surface area (Å²) in [6.45, 7) is 3.39. The van der Waals surface area contributed by atoms with Gasteiger partial charge in [-0.15, -0.1) is 0 Å². The van der Waals surface area contributed by atoms with Gasteiger partial charge in [0.15, 0.2) is 5.58 Å². The summed E-state index contributed by atoms with van der Waals surface area (Å²) in [6.07, 6.45) is 1.96. The third-order valence-electron chi connectivity index (χ3n) is 7.43. The molecule has 2 N–H and O–H groups in total. The number of rotatable bonds is 3. The molecule has 1 amide bonds. The van der Waals surface area contributed by atoms with Crippen LogP contribution in [0.4, 0.5) is 8.78 Å². The molecule has 4 bridgehead atoms. The maximum absolute atomic E-state index is 15.7. The van der Waals surface area contributed by atoms with Crippen molar-refractivity contribution in [2.45, 2.75) is 32.4 Å². The lowest BCUT2D eigenvalue weighted by molar-refractivity contribution is -0.137. The SMILES string of the molecule is Cc1cc2cc(c1F)C(CC(=O)O)NC(=O)C(n1ccc3ccoc3c1=O)c1cc(ccc1F)Oc1cccc(C)c1-2. The Balaban J connectivity index is 1.65. The number of pyridine rings is 1. The number of carboxylic acid groups (broad SMARTS) is 1. The number of carbonyl (C=O) groups is 2. The van der Waals surface area contributed by atoms with Crippen LogP contribution in [0.5, 0.6) is 11.5 Å². The van der Waals surface area contributed by atoms with E-state index < -0.39 is 47.6 Å². The van der Waals surface area contributed by atoms with Crippen molar-refractivity contribution in [1.82, 2.24) is 9.88 Å². The number of carbonyl (C=O) groups excluding carboxylic acids is 1. The van der Waals surface area contributed by atoms with Gasteiger partial charge in [0.2, 0.25) is 5.91 Å². The number of ether oxygens (including phenoxy) is 1. The fraction of sp³-hybridized carbons (Fsp3) is 0.156. The lowest BCUT2D eigenvalue weighted by atomic mass is 9.92. The second-order valence-electron chi connectivity index (χ2n) is 10.2. The van der Waals surface area contributed by atoms with E-state index in [-0.39, 0.29) is 28.0 Å². The van der Waals surface area contributed by atoms with Crippen LogP contribution in [0.3, 0.4) is 0 Å². The summed E-state index contributed by atoms with van der Waals surface area (Å²) in [7, 11) is 0. The molecule has 8 nitrogen and oxygen atoms in total. The molecule has 42 heavy (non-hydrogen) atoms. The predicted molar refractivity (Wildman–Crippen MR) is 150 cm³/mol. The van der Waals surface area contributed by atoms with Crippen molar-refractivity contribution in [3.05, 3.63) is 117 Å². The number of halogens is 2. The molecule has 212 valence electrons. The highest BCUT2D eigenvalue weighted by Crippen LogP contribution is 2.40. The second-order valence-corrected chi connectivity index (χ2v) is 10.2. The van der Waals surface area contributed by atoms with Crippen molar-refractivity contribution in [2.24, 2.45) is 0 Å². The highest BCUT2D eigenvalue weighted by molar-refractivity contribution is 5.86. The molecule has 0 spiro atoms. The Morgan fingerprint density at radius 3 is 2.60 bits per heavy atom. The molecule has 0 radical (unpaired) electrons. The first-order valence-electron chi connectivity index (χ1n) is 13.1. The fourth-order valence-electron chi connectivity index (χ4n) is 5.47. The number of hydrogen-bond acceptors (Lipinski definition) is 5. The molecule has 2 aromatic heterocycles. The van der Waals surface area contributed by atoms with Gasteiger partial charge in [-0.05, 0) is 79.1 Å². The third kappa shape index (κ3) is 4.60. The number of carboxylic acids is 1. The van der Waals surface area contributed by atoms with Gasteiger partial charge in [-0.2, -0.15) is 0 Å². The molecule has 1 aliphatic rings. The Labute approximate surface area is 237 Å². The van der Waals surface area contributed by atoms with Crippen LogP contribution < -0.4 is 15.6 Å². The zero-order chi connectivity index (χ0) is 29.7. The molecule has 2 unspecified atom stereocenters. The van der Waals surface area contributed by atoms with E-state index in [1.165, 1.54) is 43.6 Å². The van der Waals surface area contributed by atoms with Gasteiger partial charge in [0.1, 0.15) is 29.2 Å². The quantitative estimate of drug-likeness (QED) is 0.268. The molecular formula is C32H24F2N2O6. The van der Waals surface area contributed by atoms with E-state index in [1.807, 2.05) is 13.0 Å². The van der Waals surface area contributed by atoms with E-state index >= 15 is 8.78 Å². The van der Waals surface area contributed by atoms with Gasteiger partial charge in [-0.1, -0.05) is 12.1 Å². The van der Waals surface area contributed by atoms with Gasteiger partial charge in [-0.3, -0.25) is 19.0 Å². The number of aromatic nitrogens is 1. The number of benzene rings is 3. The number of amides is 1. The fourth-order valence-corrected chi connectivity index (χ4v) is 5.47. The summed E-state index contributed by atoms with van der Waals surface area (Å²) < 4.78 is 43.8. The summed E-state index contributed by atoms with van der Waals surface area (Å²) in [5, 5.41) is 12.8. The topological polar surface area (TPSA) is 111 Å². The Morgan fingerprint density at radius 2 is 1.81 bits per heavy atom. The molecule has 0 aliphatic carbocycles. The summed E-state index contributed by atoms with van der Waals surface area (Å²) in [4.78, 5) is 39.4. The standard InChI is InChI=1S/C32H24F2N2O6/c1-16-4-3-5-25-27(16)19-12-17(2)28(34)22(13-19)24(15-26(37)38)35-31(39)29(21-14-20(42-25)6-7-23(21)33)36-10-8-18-9-11-41-30(18)32(36)40/h3-14,24,29H,15H2,1-2H3,(H,35,39)(H,37,38). The Hall–Kier alpha value is -5.25. The first-order valence-corrected chi connectivity index (χ1v) is 13.1. The van der Waals surface area contributed by atoms with E-state index in [0.29, 0.717) is 22.3 Å². The minimum Gasteiger partial charge on any atom is -0.481 e. The summed E-state index contributed by atoms with van der Waals surface area (Å²) in [6, 6.07) is 12.4. The summed E-state index contributed by atoms with van der Waals surface area (Å²) in [5.41, 5.74) is 1.10. The largest absolute Gasteiger partial charge is 0.481 e. The number of fused-ring (bicyclic) bond motifs is 7. The molecule has 3 aromatic carbocycles. The second kappa shape index (κ2) is 10.3.